The van der Waals surface area contributed by atoms with Gasteiger partial charge in [-0.2, -0.15) is 0 Å². The van der Waals surface area contributed by atoms with E-state index in [1.807, 2.05) is 91.0 Å². The molecule has 0 saturated carbocycles. The highest BCUT2D eigenvalue weighted by Gasteiger charge is 2.45. The molecule has 0 aliphatic heterocycles. The Hall–Kier alpha value is -4.78. The minimum atomic E-state index is -1.39. The smallest absolute Gasteiger partial charge is 0.326 e. The highest BCUT2D eigenvalue weighted by atomic mass is 16.6. The van der Waals surface area contributed by atoms with E-state index in [4.69, 9.17) is 0 Å². The summed E-state index contributed by atoms with van der Waals surface area (Å²) in [5, 5.41) is 24.2. The molecule has 0 radical (unpaired) electrons. The molecule has 0 aliphatic rings. The van der Waals surface area contributed by atoms with Crippen LogP contribution < -0.4 is 5.32 Å². The van der Waals surface area contributed by atoms with Crippen molar-refractivity contribution in [2.45, 2.75) is 17.9 Å². The van der Waals surface area contributed by atoms with Crippen LogP contribution in [0.3, 0.4) is 0 Å². The Morgan fingerprint density at radius 2 is 1.17 bits per heavy atom. The third-order valence-corrected chi connectivity index (χ3v) is 6.18. The standard InChI is InChI=1S/C29H24N2O5/c32-27(33)25(20-21-12-10-11-19-26(21)31(35)36)30-28(34)29(22-13-4-1-5-14-22,23-15-6-2-7-16-23)24-17-8-3-9-18-24/h1-19,25H,20H2,(H,30,34)(H,32,33)/t25-/m0/s1. The van der Waals surface area contributed by atoms with Crippen LogP contribution in [0.5, 0.6) is 0 Å². The molecular formula is C29H24N2O5. The van der Waals surface area contributed by atoms with Crippen LogP contribution in [0.25, 0.3) is 0 Å². The summed E-state index contributed by atoms with van der Waals surface area (Å²) in [5.41, 5.74) is 0.651. The van der Waals surface area contributed by atoms with Crippen molar-refractivity contribution in [1.82, 2.24) is 5.32 Å². The molecule has 2 N–H and O–H groups in total. The SMILES string of the molecule is O=C(O)[C@H](Cc1ccccc1[N+](=O)[O-])NC(=O)C(c1ccccc1)(c1ccccc1)c1ccccc1. The van der Waals surface area contributed by atoms with E-state index in [2.05, 4.69) is 5.32 Å². The van der Waals surface area contributed by atoms with Crippen molar-refractivity contribution in [3.05, 3.63) is 148 Å². The van der Waals surface area contributed by atoms with Gasteiger partial charge >= 0.3 is 5.97 Å². The van der Waals surface area contributed by atoms with E-state index >= 15 is 0 Å². The zero-order valence-corrected chi connectivity index (χ0v) is 19.3. The van der Waals surface area contributed by atoms with Gasteiger partial charge < -0.3 is 10.4 Å². The first kappa shape index (κ1) is 24.3. The first-order valence-electron chi connectivity index (χ1n) is 11.4. The van der Waals surface area contributed by atoms with Crippen molar-refractivity contribution < 1.29 is 19.6 Å². The molecular weight excluding hydrogens is 456 g/mol. The molecule has 0 spiro atoms. The Kier molecular flexibility index (Phi) is 7.20. The number of nitrogens with one attached hydrogen (secondary N) is 1. The van der Waals surface area contributed by atoms with E-state index in [0.29, 0.717) is 16.7 Å². The second-order valence-corrected chi connectivity index (χ2v) is 8.30. The van der Waals surface area contributed by atoms with E-state index < -0.39 is 28.3 Å². The van der Waals surface area contributed by atoms with Crippen LogP contribution in [0.15, 0.2) is 115 Å². The fraction of sp³-hybridized carbons (Fsp3) is 0.103. The number of benzene rings is 4. The Morgan fingerprint density at radius 3 is 1.58 bits per heavy atom. The molecule has 1 amide bonds. The molecule has 36 heavy (non-hydrogen) atoms. The number of hydrogen-bond donors (Lipinski definition) is 2. The third-order valence-electron chi connectivity index (χ3n) is 6.18. The number of amides is 1. The number of rotatable bonds is 9. The average molecular weight is 481 g/mol. The van der Waals surface area contributed by atoms with Gasteiger partial charge in [-0.25, -0.2) is 4.79 Å². The van der Waals surface area contributed by atoms with Crippen molar-refractivity contribution in [1.29, 1.82) is 0 Å². The number of carboxylic acids is 1. The molecule has 7 nitrogen and oxygen atoms in total. The Labute approximate surface area is 208 Å². The predicted molar refractivity (Wildman–Crippen MR) is 136 cm³/mol. The summed E-state index contributed by atoms with van der Waals surface area (Å²) < 4.78 is 0. The van der Waals surface area contributed by atoms with E-state index in [1.54, 1.807) is 6.07 Å². The van der Waals surface area contributed by atoms with Gasteiger partial charge in [0.2, 0.25) is 5.91 Å². The minimum Gasteiger partial charge on any atom is -0.480 e. The van der Waals surface area contributed by atoms with Gasteiger partial charge in [0.05, 0.1) is 4.92 Å². The highest BCUT2D eigenvalue weighted by molar-refractivity contribution is 5.98. The molecule has 7 heteroatoms. The lowest BCUT2D eigenvalue weighted by Gasteiger charge is -2.35. The number of hydrogen-bond acceptors (Lipinski definition) is 4. The number of nitro groups is 1. The molecule has 1 atom stereocenters. The molecule has 0 unspecified atom stereocenters. The molecule has 0 heterocycles. The Balaban J connectivity index is 1.84. The monoisotopic (exact) mass is 480 g/mol. The average Bonchev–Trinajstić information content (AvgIpc) is 2.91. The number of nitrogens with zero attached hydrogens (tertiary/aromatic N) is 1. The second kappa shape index (κ2) is 10.7. The lowest BCUT2D eigenvalue weighted by atomic mass is 9.68. The third kappa shape index (κ3) is 4.72. The maximum atomic E-state index is 14.3. The molecule has 0 bridgehead atoms. The molecule has 0 fully saturated rings. The van der Waals surface area contributed by atoms with Crippen LogP contribution in [-0.4, -0.2) is 27.9 Å². The zero-order valence-electron chi connectivity index (χ0n) is 19.3. The summed E-state index contributed by atoms with van der Waals surface area (Å²) in [6.07, 6.45) is -0.243. The number of para-hydroxylation sites is 1. The number of nitro benzene ring substituents is 1. The van der Waals surface area contributed by atoms with Gasteiger partial charge in [-0.3, -0.25) is 14.9 Å². The summed E-state index contributed by atoms with van der Waals surface area (Å²) >= 11 is 0. The second-order valence-electron chi connectivity index (χ2n) is 8.30. The van der Waals surface area contributed by atoms with Crippen LogP contribution in [0.1, 0.15) is 22.3 Å². The van der Waals surface area contributed by atoms with Gasteiger partial charge in [-0.05, 0) is 16.7 Å². The molecule has 4 aromatic rings. The van der Waals surface area contributed by atoms with Crippen molar-refractivity contribution >= 4 is 17.6 Å². The van der Waals surface area contributed by atoms with Crippen LogP contribution in [-0.2, 0) is 21.4 Å². The van der Waals surface area contributed by atoms with Crippen molar-refractivity contribution in [2.75, 3.05) is 0 Å². The lowest BCUT2D eigenvalue weighted by molar-refractivity contribution is -0.385. The molecule has 0 saturated heterocycles. The first-order chi connectivity index (χ1) is 17.4. The van der Waals surface area contributed by atoms with Gasteiger partial charge in [-0.15, -0.1) is 0 Å². The van der Waals surface area contributed by atoms with Crippen LogP contribution >= 0.6 is 0 Å². The minimum absolute atomic E-state index is 0.196. The molecule has 4 rings (SSSR count). The molecule has 0 aromatic heterocycles. The van der Waals surface area contributed by atoms with Gasteiger partial charge in [-0.1, -0.05) is 109 Å². The molecule has 0 aliphatic carbocycles. The highest BCUT2D eigenvalue weighted by Crippen LogP contribution is 2.39. The van der Waals surface area contributed by atoms with E-state index in [-0.39, 0.29) is 17.7 Å². The van der Waals surface area contributed by atoms with Gasteiger partial charge in [0.25, 0.3) is 5.69 Å². The summed E-state index contributed by atoms with van der Waals surface area (Å²) in [6.45, 7) is 0. The van der Waals surface area contributed by atoms with E-state index in [1.165, 1.54) is 18.2 Å². The first-order valence-corrected chi connectivity index (χ1v) is 11.4. The fourth-order valence-corrected chi connectivity index (χ4v) is 4.51. The van der Waals surface area contributed by atoms with Crippen molar-refractivity contribution in [3.63, 3.8) is 0 Å². The summed E-state index contributed by atoms with van der Waals surface area (Å²) in [5.74, 6) is -1.83. The number of aliphatic carboxylic acids is 1. The lowest BCUT2D eigenvalue weighted by Crippen LogP contribution is -2.52. The summed E-state index contributed by atoms with van der Waals surface area (Å²) in [6, 6.07) is 32.0. The maximum Gasteiger partial charge on any atom is 0.326 e. The van der Waals surface area contributed by atoms with E-state index in [9.17, 15) is 24.8 Å². The van der Waals surface area contributed by atoms with Gasteiger partial charge in [0.1, 0.15) is 11.5 Å². The maximum absolute atomic E-state index is 14.3. The topological polar surface area (TPSA) is 110 Å². The van der Waals surface area contributed by atoms with Crippen LogP contribution in [0.4, 0.5) is 5.69 Å². The summed E-state index contributed by atoms with van der Waals surface area (Å²) in [4.78, 5) is 37.5. The quantitative estimate of drug-likeness (QED) is 0.204. The zero-order chi connectivity index (χ0) is 25.5. The fourth-order valence-electron chi connectivity index (χ4n) is 4.51. The van der Waals surface area contributed by atoms with Crippen molar-refractivity contribution in [2.24, 2.45) is 0 Å². The number of carboxylic acid groups (broad SMARTS) is 1. The van der Waals surface area contributed by atoms with Crippen LogP contribution in [0, 0.1) is 10.1 Å². The van der Waals surface area contributed by atoms with Gasteiger partial charge in [0, 0.05) is 18.1 Å². The number of carbonyl (C=O) groups excluding carboxylic acids is 1. The predicted octanol–water partition coefficient (Wildman–Crippen LogP) is 4.74. The molecule has 4 aromatic carbocycles. The largest absolute Gasteiger partial charge is 0.480 e. The van der Waals surface area contributed by atoms with Crippen molar-refractivity contribution in [3.8, 4) is 0 Å². The van der Waals surface area contributed by atoms with Crippen LogP contribution in [0.2, 0.25) is 0 Å². The van der Waals surface area contributed by atoms with E-state index in [0.717, 1.165) is 0 Å². The Bertz CT molecular complexity index is 1260. The van der Waals surface area contributed by atoms with Gasteiger partial charge in [0.15, 0.2) is 0 Å². The summed E-state index contributed by atoms with van der Waals surface area (Å²) in [7, 11) is 0. The Morgan fingerprint density at radius 1 is 0.750 bits per heavy atom. The number of carbonyl (C=O) groups is 2. The molecule has 180 valence electrons. The normalized spacial score (nSPS) is 11.9.